The summed E-state index contributed by atoms with van der Waals surface area (Å²) in [5.74, 6) is 0.176. The summed E-state index contributed by atoms with van der Waals surface area (Å²) in [5, 5.41) is 3.02. The molecule has 34 heavy (non-hydrogen) atoms. The van der Waals surface area contributed by atoms with E-state index in [1.165, 1.54) is 0 Å². The van der Waals surface area contributed by atoms with E-state index in [1.807, 2.05) is 49.6 Å². The average Bonchev–Trinajstić information content (AvgIpc) is 3.29. The van der Waals surface area contributed by atoms with Crippen LogP contribution >= 0.6 is 11.3 Å². The highest BCUT2D eigenvalue weighted by Crippen LogP contribution is 2.38. The van der Waals surface area contributed by atoms with E-state index in [2.05, 4.69) is 0 Å². The maximum atomic E-state index is 13.1. The van der Waals surface area contributed by atoms with Crippen molar-refractivity contribution in [1.82, 2.24) is 4.98 Å². The van der Waals surface area contributed by atoms with E-state index < -0.39 is 6.10 Å². The number of nitrogens with zero attached hydrogens (tertiary/aromatic N) is 2. The van der Waals surface area contributed by atoms with Gasteiger partial charge in [0, 0.05) is 24.5 Å². The molecule has 2 aromatic carbocycles. The molecule has 0 radical (unpaired) electrons. The second-order valence-corrected chi connectivity index (χ2v) is 9.33. The van der Waals surface area contributed by atoms with Crippen LogP contribution in [0, 0.1) is 0 Å². The fourth-order valence-electron chi connectivity index (χ4n) is 3.69. The zero-order valence-corrected chi connectivity index (χ0v) is 20.6. The summed E-state index contributed by atoms with van der Waals surface area (Å²) in [5.41, 5.74) is 3.86. The fourth-order valence-corrected chi connectivity index (χ4v) is 4.48. The minimum Gasteiger partial charge on any atom is -0.479 e. The third-order valence-electron chi connectivity index (χ3n) is 5.41. The van der Waals surface area contributed by atoms with Gasteiger partial charge in [0.1, 0.15) is 5.75 Å². The molecule has 1 unspecified atom stereocenters. The molecule has 8 heteroatoms. The molecule has 1 aromatic heterocycles. The first-order valence-corrected chi connectivity index (χ1v) is 12.1. The lowest BCUT2D eigenvalue weighted by Gasteiger charge is -2.33. The molecule has 0 saturated carbocycles. The van der Waals surface area contributed by atoms with Gasteiger partial charge >= 0.3 is 5.97 Å². The maximum Gasteiger partial charge on any atom is 0.338 e. The van der Waals surface area contributed by atoms with Crippen molar-refractivity contribution in [3.05, 3.63) is 64.0 Å². The van der Waals surface area contributed by atoms with Gasteiger partial charge in [-0.05, 0) is 56.7 Å². The molecule has 4 rings (SSSR count). The van der Waals surface area contributed by atoms with Gasteiger partial charge < -0.3 is 19.1 Å². The first-order valence-electron chi connectivity index (χ1n) is 11.2. The van der Waals surface area contributed by atoms with Gasteiger partial charge in [-0.15, -0.1) is 11.3 Å². The Morgan fingerprint density at radius 1 is 1.21 bits per heavy atom. The summed E-state index contributed by atoms with van der Waals surface area (Å²) in [6, 6.07) is 12.9. The number of aromatic nitrogens is 1. The molecule has 2 heterocycles. The summed E-state index contributed by atoms with van der Waals surface area (Å²) in [7, 11) is 1.68. The Morgan fingerprint density at radius 2 is 1.97 bits per heavy atom. The number of amides is 1. The number of rotatable bonds is 8. The summed E-state index contributed by atoms with van der Waals surface area (Å²) in [4.78, 5) is 31.6. The highest BCUT2D eigenvalue weighted by molar-refractivity contribution is 7.09. The van der Waals surface area contributed by atoms with Crippen LogP contribution in [0.3, 0.4) is 0 Å². The van der Waals surface area contributed by atoms with E-state index in [-0.39, 0.29) is 18.0 Å². The van der Waals surface area contributed by atoms with E-state index in [9.17, 15) is 9.59 Å². The van der Waals surface area contributed by atoms with Crippen LogP contribution in [0.5, 0.6) is 5.75 Å². The van der Waals surface area contributed by atoms with Gasteiger partial charge in [-0.3, -0.25) is 4.79 Å². The molecule has 0 fully saturated rings. The van der Waals surface area contributed by atoms with Gasteiger partial charge in [0.2, 0.25) is 0 Å². The molecule has 0 spiro atoms. The van der Waals surface area contributed by atoms with E-state index in [0.717, 1.165) is 28.2 Å². The molecule has 3 aromatic rings. The molecular weight excluding hydrogens is 452 g/mol. The average molecular weight is 481 g/mol. The number of carbonyl (C=O) groups excluding carboxylic acids is 2. The number of esters is 1. The smallest absolute Gasteiger partial charge is 0.338 e. The Hall–Kier alpha value is -3.23. The van der Waals surface area contributed by atoms with Gasteiger partial charge in [0.05, 0.1) is 41.2 Å². The number of hydrogen-bond acceptors (Lipinski definition) is 7. The largest absolute Gasteiger partial charge is 0.479 e. The summed E-state index contributed by atoms with van der Waals surface area (Å²) in [6.07, 6.45) is -0.00409. The van der Waals surface area contributed by atoms with Crippen LogP contribution in [-0.4, -0.2) is 42.8 Å². The lowest BCUT2D eigenvalue weighted by Crippen LogP contribution is -2.44. The molecule has 0 bridgehead atoms. The van der Waals surface area contributed by atoms with Gasteiger partial charge in [-0.1, -0.05) is 12.1 Å². The van der Waals surface area contributed by atoms with Crippen LogP contribution in [-0.2, 0) is 27.2 Å². The van der Waals surface area contributed by atoms with Crippen LogP contribution in [0.2, 0.25) is 0 Å². The minimum absolute atomic E-state index is 0.119. The van der Waals surface area contributed by atoms with E-state index in [0.29, 0.717) is 30.2 Å². The van der Waals surface area contributed by atoms with Crippen molar-refractivity contribution >= 4 is 28.9 Å². The molecule has 1 atom stereocenters. The molecule has 0 N–H and O–H groups in total. The Morgan fingerprint density at radius 3 is 2.68 bits per heavy atom. The van der Waals surface area contributed by atoms with Crippen LogP contribution in [0.25, 0.3) is 11.3 Å². The third-order valence-corrected chi connectivity index (χ3v) is 6.32. The predicted molar refractivity (Wildman–Crippen MR) is 131 cm³/mol. The number of benzene rings is 2. The molecule has 1 amide bonds. The van der Waals surface area contributed by atoms with E-state index >= 15 is 0 Å². The zero-order valence-electron chi connectivity index (χ0n) is 19.7. The van der Waals surface area contributed by atoms with Crippen molar-refractivity contribution in [3.63, 3.8) is 0 Å². The van der Waals surface area contributed by atoms with Gasteiger partial charge in [0.25, 0.3) is 5.91 Å². The van der Waals surface area contributed by atoms with Crippen molar-refractivity contribution in [1.29, 1.82) is 0 Å². The molecular formula is C26H28N2O5S. The topological polar surface area (TPSA) is 78.0 Å². The predicted octanol–water partition coefficient (Wildman–Crippen LogP) is 4.88. The zero-order chi connectivity index (χ0) is 24.2. The van der Waals surface area contributed by atoms with Crippen molar-refractivity contribution in [3.8, 4) is 17.0 Å². The summed E-state index contributed by atoms with van der Waals surface area (Å²) >= 11 is 1.59. The number of methoxy groups -OCH3 is 1. The summed E-state index contributed by atoms with van der Waals surface area (Å²) < 4.78 is 16.3. The Kier molecular flexibility index (Phi) is 7.29. The summed E-state index contributed by atoms with van der Waals surface area (Å²) in [6.45, 7) is 6.36. The van der Waals surface area contributed by atoms with Crippen LogP contribution in [0.4, 0.5) is 5.69 Å². The standard InChI is InChI=1S/C26H28N2O5S/c1-16(2)32-26(30)19-7-5-18(6-8-19)14-28-22-13-20(9-10-23(22)33-17(3)25(28)29)21-15-34-24(27-21)11-12-31-4/h5-10,13,15-17H,11-12,14H2,1-4H3. The van der Waals surface area contributed by atoms with E-state index in [1.54, 1.807) is 42.4 Å². The number of fused-ring (bicyclic) bond motifs is 1. The second-order valence-electron chi connectivity index (χ2n) is 8.39. The van der Waals surface area contributed by atoms with Crippen LogP contribution < -0.4 is 9.64 Å². The number of anilines is 1. The molecule has 178 valence electrons. The van der Waals surface area contributed by atoms with Crippen molar-refractivity contribution in [2.75, 3.05) is 18.6 Å². The number of hydrogen-bond donors (Lipinski definition) is 0. The van der Waals surface area contributed by atoms with Crippen molar-refractivity contribution in [2.24, 2.45) is 0 Å². The Bertz CT molecular complexity index is 1170. The van der Waals surface area contributed by atoms with Gasteiger partial charge in [-0.25, -0.2) is 9.78 Å². The molecule has 0 aliphatic carbocycles. The quantitative estimate of drug-likeness (QED) is 0.428. The molecule has 0 saturated heterocycles. The first-order chi connectivity index (χ1) is 16.4. The van der Waals surface area contributed by atoms with Gasteiger partial charge in [-0.2, -0.15) is 0 Å². The van der Waals surface area contributed by atoms with Crippen LogP contribution in [0.1, 0.15) is 41.7 Å². The fraction of sp³-hybridized carbons (Fsp3) is 0.346. The van der Waals surface area contributed by atoms with Crippen molar-refractivity contribution in [2.45, 2.75) is 45.9 Å². The van der Waals surface area contributed by atoms with Crippen molar-refractivity contribution < 1.29 is 23.8 Å². The molecule has 1 aliphatic heterocycles. The number of carbonyl (C=O) groups is 2. The second kappa shape index (κ2) is 10.4. The Balaban J connectivity index is 1.59. The monoisotopic (exact) mass is 480 g/mol. The minimum atomic E-state index is -0.585. The normalized spacial score (nSPS) is 15.3. The molecule has 1 aliphatic rings. The first kappa shape index (κ1) is 23.9. The lowest BCUT2D eigenvalue weighted by atomic mass is 10.1. The highest BCUT2D eigenvalue weighted by Gasteiger charge is 2.32. The van der Waals surface area contributed by atoms with Crippen LogP contribution in [0.15, 0.2) is 47.8 Å². The van der Waals surface area contributed by atoms with E-state index in [4.69, 9.17) is 19.2 Å². The van der Waals surface area contributed by atoms with Gasteiger partial charge in [0.15, 0.2) is 6.10 Å². The SMILES string of the molecule is COCCc1nc(-c2ccc3c(c2)N(Cc2ccc(C(=O)OC(C)C)cc2)C(=O)C(C)O3)cs1. The number of ether oxygens (including phenoxy) is 3. The highest BCUT2D eigenvalue weighted by atomic mass is 32.1. The molecule has 7 nitrogen and oxygen atoms in total. The third kappa shape index (κ3) is 5.29. The lowest BCUT2D eigenvalue weighted by molar-refractivity contribution is -0.125. The maximum absolute atomic E-state index is 13.1. The Labute approximate surface area is 203 Å². The number of thiazole rings is 1.